The minimum atomic E-state index is -1.32. The molecule has 2 nitrogen and oxygen atoms in total. The average molecular weight is 225 g/mol. The van der Waals surface area contributed by atoms with Gasteiger partial charge in [0.15, 0.2) is 5.09 Å². The van der Waals surface area contributed by atoms with E-state index in [1.54, 1.807) is 0 Å². The summed E-state index contributed by atoms with van der Waals surface area (Å²) in [5, 5.41) is 11.1. The number of rotatable bonds is 0. The van der Waals surface area contributed by atoms with Gasteiger partial charge >= 0.3 is 0 Å². The maximum absolute atomic E-state index is 10.9. The second-order valence-electron chi connectivity index (χ2n) is 1.84. The first-order valence-corrected chi connectivity index (χ1v) is 4.40. The summed E-state index contributed by atoms with van der Waals surface area (Å²) in [6, 6.07) is 0. The van der Waals surface area contributed by atoms with Gasteiger partial charge in [-0.1, -0.05) is 0 Å². The van der Waals surface area contributed by atoms with Crippen LogP contribution in [-0.4, -0.2) is 6.29 Å². The Hall–Kier alpha value is 0.640. The molecule has 0 spiro atoms. The highest BCUT2D eigenvalue weighted by atomic mass is 32.1. The maximum atomic E-state index is 10.9. The third-order valence-corrected chi connectivity index (χ3v) is 3.30. The monoisotopic (exact) mass is 225 g/mol. The van der Waals surface area contributed by atoms with E-state index < -0.39 is 6.29 Å². The van der Waals surface area contributed by atoms with Gasteiger partial charge < -0.3 is 4.74 Å². The van der Waals surface area contributed by atoms with Crippen molar-refractivity contribution in [2.45, 2.75) is 6.29 Å². The molecule has 0 aliphatic carbocycles. The molecule has 6 heteroatoms. The Morgan fingerprint density at radius 2 is 1.64 bits per heavy atom. The molecule has 1 radical (unpaired) electrons. The van der Waals surface area contributed by atoms with Gasteiger partial charge in [0, 0.05) is 4.91 Å². The zero-order chi connectivity index (χ0) is 8.59. The van der Waals surface area contributed by atoms with E-state index in [1.165, 1.54) is 0 Å². The fourth-order valence-corrected chi connectivity index (χ4v) is 1.48. The third kappa shape index (κ3) is 1.86. The lowest BCUT2D eigenvalue weighted by molar-refractivity contribution is -0.0710. The van der Waals surface area contributed by atoms with E-state index in [0.29, 0.717) is 9.81 Å². The summed E-state index contributed by atoms with van der Waals surface area (Å²) in [5.74, 6) is 0. The van der Waals surface area contributed by atoms with Crippen LogP contribution in [0.15, 0.2) is 19.8 Å². The molecule has 0 aromatic carbocycles. The van der Waals surface area contributed by atoms with Gasteiger partial charge in [-0.3, -0.25) is 0 Å². The normalized spacial score (nSPS) is 25.7. The molecule has 61 valence electrons. The molecule has 0 amide bonds. The summed E-state index contributed by atoms with van der Waals surface area (Å²) >= 11 is 15.8. The molecule has 0 N–H and O–H groups in total. The van der Waals surface area contributed by atoms with Crippen LogP contribution >= 0.6 is 50.5 Å². The van der Waals surface area contributed by atoms with Crippen molar-refractivity contribution in [3.63, 3.8) is 0 Å². The van der Waals surface area contributed by atoms with Gasteiger partial charge in [0.25, 0.3) is 6.29 Å². The predicted molar refractivity (Wildman–Crippen MR) is 55.6 cm³/mol. The summed E-state index contributed by atoms with van der Waals surface area (Å²) in [4.78, 5) is 1.10. The van der Waals surface area contributed by atoms with Crippen molar-refractivity contribution in [2.75, 3.05) is 0 Å². The number of hydrogen-bond donors (Lipinski definition) is 4. The number of hydrogen-bond acceptors (Lipinski definition) is 5. The van der Waals surface area contributed by atoms with Crippen molar-refractivity contribution >= 4 is 50.5 Å². The average Bonchev–Trinajstić information content (AvgIpc) is 1.97. The van der Waals surface area contributed by atoms with Gasteiger partial charge in [-0.15, -0.1) is 50.5 Å². The van der Waals surface area contributed by atoms with Crippen molar-refractivity contribution in [1.29, 1.82) is 0 Å². The van der Waals surface area contributed by atoms with Crippen molar-refractivity contribution < 1.29 is 9.84 Å². The van der Waals surface area contributed by atoms with Crippen LogP contribution in [0.1, 0.15) is 0 Å². The molecule has 0 aromatic rings. The van der Waals surface area contributed by atoms with Crippen LogP contribution in [0.3, 0.4) is 0 Å². The minimum Gasteiger partial charge on any atom is -0.450 e. The first kappa shape index (κ1) is 9.73. The summed E-state index contributed by atoms with van der Waals surface area (Å²) in [5.41, 5.74) is 0. The van der Waals surface area contributed by atoms with Crippen LogP contribution < -0.4 is 0 Å². The molecule has 1 atom stereocenters. The van der Waals surface area contributed by atoms with Gasteiger partial charge in [-0.05, 0) is 0 Å². The molecule has 1 unspecified atom stereocenters. The highest BCUT2D eigenvalue weighted by molar-refractivity contribution is 7.93. The quantitative estimate of drug-likeness (QED) is 0.466. The summed E-state index contributed by atoms with van der Waals surface area (Å²) < 4.78 is 4.71. The van der Waals surface area contributed by atoms with E-state index in [2.05, 4.69) is 50.5 Å². The molecule has 0 aromatic heterocycles. The zero-order valence-electron chi connectivity index (χ0n) is 5.18. The number of ether oxygens (including phenoxy) is 1. The van der Waals surface area contributed by atoms with E-state index in [9.17, 15) is 5.11 Å². The van der Waals surface area contributed by atoms with Gasteiger partial charge in [0.05, 0.1) is 9.81 Å². The smallest absolute Gasteiger partial charge is 0.264 e. The van der Waals surface area contributed by atoms with E-state index >= 15 is 0 Å². The highest BCUT2D eigenvalue weighted by Crippen LogP contribution is 2.36. The van der Waals surface area contributed by atoms with E-state index in [0.717, 1.165) is 0 Å². The van der Waals surface area contributed by atoms with Gasteiger partial charge in [-0.2, -0.15) is 5.11 Å². The van der Waals surface area contributed by atoms with Crippen molar-refractivity contribution in [3.8, 4) is 0 Å². The van der Waals surface area contributed by atoms with Crippen LogP contribution in [-0.2, 0) is 9.84 Å². The van der Waals surface area contributed by atoms with E-state index in [-0.39, 0.29) is 10.00 Å². The van der Waals surface area contributed by atoms with Crippen molar-refractivity contribution in [1.82, 2.24) is 0 Å². The molecule has 1 rings (SSSR count). The first-order chi connectivity index (χ1) is 5.04. The van der Waals surface area contributed by atoms with Crippen LogP contribution in [0, 0.1) is 0 Å². The Bertz CT molecular complexity index is 245. The molecule has 0 bridgehead atoms. The molecule has 1 aliphatic heterocycles. The topological polar surface area (TPSA) is 29.1 Å². The Labute approximate surface area is 86.3 Å². The Kier molecular flexibility index (Phi) is 3.16. The largest absolute Gasteiger partial charge is 0.450 e. The second kappa shape index (κ2) is 3.57. The lowest BCUT2D eigenvalue weighted by atomic mass is 10.4. The zero-order valence-corrected chi connectivity index (χ0v) is 8.76. The molecular formula is C5H5O2S4. The first-order valence-electron chi connectivity index (χ1n) is 2.61. The lowest BCUT2D eigenvalue weighted by Crippen LogP contribution is -2.14. The molecule has 11 heavy (non-hydrogen) atoms. The molecular weight excluding hydrogens is 220 g/mol. The Morgan fingerprint density at radius 3 is 2.18 bits per heavy atom. The van der Waals surface area contributed by atoms with Crippen LogP contribution in [0.5, 0.6) is 0 Å². The molecule has 0 fully saturated rings. The van der Waals surface area contributed by atoms with Crippen LogP contribution in [0.4, 0.5) is 0 Å². The van der Waals surface area contributed by atoms with Crippen LogP contribution in [0.25, 0.3) is 0 Å². The highest BCUT2D eigenvalue weighted by Gasteiger charge is 2.23. The Morgan fingerprint density at radius 1 is 1.09 bits per heavy atom. The van der Waals surface area contributed by atoms with Gasteiger partial charge in [0.1, 0.15) is 0 Å². The minimum absolute atomic E-state index is 0.191. The summed E-state index contributed by atoms with van der Waals surface area (Å²) in [6.45, 7) is 0. The fraction of sp³-hybridized carbons (Fsp3) is 0.200. The van der Waals surface area contributed by atoms with Crippen LogP contribution in [0.2, 0.25) is 0 Å². The van der Waals surface area contributed by atoms with E-state index in [4.69, 9.17) is 4.74 Å². The lowest BCUT2D eigenvalue weighted by Gasteiger charge is -2.19. The predicted octanol–water partition coefficient (Wildman–Crippen LogP) is 1.87. The standard InChI is InChI=1S/C5H5O2S4/c6-4-2(9)1(8)3(10)5(11)7-4/h4,8-11H. The number of thiol groups is 4. The van der Waals surface area contributed by atoms with Gasteiger partial charge in [-0.25, -0.2) is 0 Å². The molecule has 0 saturated carbocycles. The van der Waals surface area contributed by atoms with Crippen molar-refractivity contribution in [3.05, 3.63) is 19.8 Å². The Balaban J connectivity index is 3.07. The molecule has 0 saturated heterocycles. The third-order valence-electron chi connectivity index (χ3n) is 1.11. The molecule has 1 heterocycles. The summed E-state index contributed by atoms with van der Waals surface area (Å²) in [6.07, 6.45) is -1.32. The SMILES string of the molecule is [O]C1OC(S)=C(S)C(S)=C1S. The van der Waals surface area contributed by atoms with Crippen molar-refractivity contribution in [2.24, 2.45) is 0 Å². The fourth-order valence-electron chi connectivity index (χ4n) is 0.547. The summed E-state index contributed by atoms with van der Waals surface area (Å²) in [7, 11) is 0. The second-order valence-corrected chi connectivity index (χ2v) is 3.62. The maximum Gasteiger partial charge on any atom is 0.264 e. The molecule has 1 aliphatic rings. The van der Waals surface area contributed by atoms with E-state index in [1.807, 2.05) is 0 Å². The van der Waals surface area contributed by atoms with Gasteiger partial charge in [0.2, 0.25) is 0 Å².